The zero-order chi connectivity index (χ0) is 16.8. The zero-order valence-corrected chi connectivity index (χ0v) is 12.8. The molecule has 23 heavy (non-hydrogen) atoms. The molecule has 120 valence electrons. The van der Waals surface area contributed by atoms with E-state index in [9.17, 15) is 9.59 Å². The Bertz CT molecular complexity index is 704. The number of hydrogen-bond donors (Lipinski definition) is 2. The molecule has 0 bridgehead atoms. The smallest absolute Gasteiger partial charge is 0.335 e. The van der Waals surface area contributed by atoms with E-state index in [1.165, 1.54) is 26.4 Å². The van der Waals surface area contributed by atoms with Crippen LogP contribution in [0.5, 0.6) is 11.5 Å². The van der Waals surface area contributed by atoms with E-state index >= 15 is 0 Å². The third kappa shape index (κ3) is 3.79. The minimum absolute atomic E-state index is 0.173. The van der Waals surface area contributed by atoms with Gasteiger partial charge >= 0.3 is 5.97 Å². The quantitative estimate of drug-likeness (QED) is 0.854. The number of benzene rings is 2. The van der Waals surface area contributed by atoms with Crippen LogP contribution in [0.2, 0.25) is 0 Å². The molecule has 6 nitrogen and oxygen atoms in total. The Kier molecular flexibility index (Phi) is 5.19. The van der Waals surface area contributed by atoms with Crippen molar-refractivity contribution < 1.29 is 24.2 Å². The third-order valence-corrected chi connectivity index (χ3v) is 3.28. The average Bonchev–Trinajstić information content (AvgIpc) is 2.59. The normalized spacial score (nSPS) is 10.0. The summed E-state index contributed by atoms with van der Waals surface area (Å²) in [5, 5.41) is 11.7. The van der Waals surface area contributed by atoms with Crippen LogP contribution in [0.3, 0.4) is 0 Å². The zero-order valence-electron chi connectivity index (χ0n) is 12.8. The Labute approximate surface area is 133 Å². The monoisotopic (exact) mass is 315 g/mol. The first kappa shape index (κ1) is 16.4. The fourth-order valence-electron chi connectivity index (χ4n) is 2.16. The molecule has 0 radical (unpaired) electrons. The van der Waals surface area contributed by atoms with E-state index in [1.807, 2.05) is 0 Å². The summed E-state index contributed by atoms with van der Waals surface area (Å²) in [5.74, 6) is -0.563. The molecule has 2 aromatic carbocycles. The SMILES string of the molecule is COc1cccc(OC)c1C(=O)NCc1cccc(C(=O)O)c1. The van der Waals surface area contributed by atoms with Gasteiger partial charge in [-0.25, -0.2) is 4.79 Å². The molecule has 2 rings (SSSR count). The van der Waals surface area contributed by atoms with Crippen molar-refractivity contribution in [2.45, 2.75) is 6.54 Å². The number of aromatic carboxylic acids is 1. The summed E-state index contributed by atoms with van der Waals surface area (Å²) in [6.45, 7) is 0.196. The van der Waals surface area contributed by atoms with Crippen LogP contribution in [0.4, 0.5) is 0 Å². The number of carbonyl (C=O) groups excluding carboxylic acids is 1. The average molecular weight is 315 g/mol. The van der Waals surface area contributed by atoms with E-state index < -0.39 is 5.97 Å². The topological polar surface area (TPSA) is 84.9 Å². The highest BCUT2D eigenvalue weighted by molar-refractivity contribution is 5.99. The largest absolute Gasteiger partial charge is 0.496 e. The minimum atomic E-state index is -1.01. The Morgan fingerprint density at radius 2 is 1.65 bits per heavy atom. The lowest BCUT2D eigenvalue weighted by molar-refractivity contribution is 0.0696. The van der Waals surface area contributed by atoms with Gasteiger partial charge in [0.1, 0.15) is 17.1 Å². The summed E-state index contributed by atoms with van der Waals surface area (Å²) in [6, 6.07) is 11.5. The fraction of sp³-hybridized carbons (Fsp3) is 0.176. The Morgan fingerprint density at radius 3 is 2.22 bits per heavy atom. The molecule has 0 heterocycles. The van der Waals surface area contributed by atoms with Crippen LogP contribution >= 0.6 is 0 Å². The Balaban J connectivity index is 2.17. The predicted octanol–water partition coefficient (Wildman–Crippen LogP) is 2.33. The fourth-order valence-corrected chi connectivity index (χ4v) is 2.16. The maximum absolute atomic E-state index is 12.4. The Morgan fingerprint density at radius 1 is 1.04 bits per heavy atom. The minimum Gasteiger partial charge on any atom is -0.496 e. The summed E-state index contributed by atoms with van der Waals surface area (Å²) in [4.78, 5) is 23.4. The highest BCUT2D eigenvalue weighted by atomic mass is 16.5. The number of amides is 1. The number of nitrogens with one attached hydrogen (secondary N) is 1. The van der Waals surface area contributed by atoms with Gasteiger partial charge in [-0.05, 0) is 29.8 Å². The number of hydrogen-bond acceptors (Lipinski definition) is 4. The maximum Gasteiger partial charge on any atom is 0.335 e. The summed E-state index contributed by atoms with van der Waals surface area (Å²) in [7, 11) is 2.95. The number of rotatable bonds is 6. The second kappa shape index (κ2) is 7.31. The second-order valence-electron chi connectivity index (χ2n) is 4.73. The van der Waals surface area contributed by atoms with Crippen LogP contribution < -0.4 is 14.8 Å². The predicted molar refractivity (Wildman–Crippen MR) is 84.1 cm³/mol. The molecule has 0 saturated heterocycles. The molecule has 1 amide bonds. The molecule has 0 fully saturated rings. The standard InChI is InChI=1S/C17H17NO5/c1-22-13-7-4-8-14(23-2)15(13)16(19)18-10-11-5-3-6-12(9-11)17(20)21/h3-9H,10H2,1-2H3,(H,18,19)(H,20,21). The van der Waals surface area contributed by atoms with Gasteiger partial charge in [0.2, 0.25) is 0 Å². The van der Waals surface area contributed by atoms with Crippen molar-refractivity contribution in [1.82, 2.24) is 5.32 Å². The van der Waals surface area contributed by atoms with Crippen molar-refractivity contribution in [3.8, 4) is 11.5 Å². The van der Waals surface area contributed by atoms with Crippen LogP contribution in [0.15, 0.2) is 42.5 Å². The molecule has 2 N–H and O–H groups in total. The molecule has 0 aromatic heterocycles. The molecular weight excluding hydrogens is 298 g/mol. The number of carbonyl (C=O) groups is 2. The molecule has 6 heteroatoms. The lowest BCUT2D eigenvalue weighted by Gasteiger charge is -2.13. The maximum atomic E-state index is 12.4. The highest BCUT2D eigenvalue weighted by Crippen LogP contribution is 2.28. The number of carboxylic acid groups (broad SMARTS) is 1. The molecule has 0 aliphatic carbocycles. The molecule has 0 atom stereocenters. The van der Waals surface area contributed by atoms with Crippen LogP contribution in [-0.4, -0.2) is 31.2 Å². The third-order valence-electron chi connectivity index (χ3n) is 3.28. The van der Waals surface area contributed by atoms with Crippen molar-refractivity contribution in [1.29, 1.82) is 0 Å². The van der Waals surface area contributed by atoms with Crippen LogP contribution in [0.25, 0.3) is 0 Å². The number of carboxylic acids is 1. The van der Waals surface area contributed by atoms with Crippen molar-refractivity contribution in [2.75, 3.05) is 14.2 Å². The molecule has 0 spiro atoms. The van der Waals surface area contributed by atoms with Gasteiger partial charge in [-0.2, -0.15) is 0 Å². The van der Waals surface area contributed by atoms with Crippen LogP contribution in [0.1, 0.15) is 26.3 Å². The number of methoxy groups -OCH3 is 2. The molecular formula is C17H17NO5. The summed E-state index contributed by atoms with van der Waals surface area (Å²) in [5.41, 5.74) is 1.16. The lowest BCUT2D eigenvalue weighted by Crippen LogP contribution is -2.24. The summed E-state index contributed by atoms with van der Waals surface area (Å²) >= 11 is 0. The van der Waals surface area contributed by atoms with Gasteiger partial charge < -0.3 is 19.9 Å². The first-order chi connectivity index (χ1) is 11.1. The molecule has 0 saturated carbocycles. The van der Waals surface area contributed by atoms with Crippen LogP contribution in [-0.2, 0) is 6.54 Å². The van der Waals surface area contributed by atoms with Crippen molar-refractivity contribution in [2.24, 2.45) is 0 Å². The van der Waals surface area contributed by atoms with Crippen molar-refractivity contribution in [3.05, 3.63) is 59.2 Å². The van der Waals surface area contributed by atoms with Crippen molar-refractivity contribution >= 4 is 11.9 Å². The molecule has 0 aliphatic heterocycles. The van der Waals surface area contributed by atoms with E-state index in [2.05, 4.69) is 5.32 Å². The van der Waals surface area contributed by atoms with E-state index in [0.717, 1.165) is 0 Å². The first-order valence-electron chi connectivity index (χ1n) is 6.88. The van der Waals surface area contributed by atoms with Gasteiger partial charge in [-0.15, -0.1) is 0 Å². The molecule has 0 aliphatic rings. The summed E-state index contributed by atoms with van der Waals surface area (Å²) in [6.07, 6.45) is 0. The number of ether oxygens (including phenoxy) is 2. The molecule has 0 unspecified atom stereocenters. The van der Waals surface area contributed by atoms with E-state index in [0.29, 0.717) is 22.6 Å². The van der Waals surface area contributed by atoms with E-state index in [4.69, 9.17) is 14.6 Å². The second-order valence-corrected chi connectivity index (χ2v) is 4.73. The van der Waals surface area contributed by atoms with Gasteiger partial charge in [0.05, 0.1) is 19.8 Å². The highest BCUT2D eigenvalue weighted by Gasteiger charge is 2.17. The van der Waals surface area contributed by atoms with Crippen molar-refractivity contribution in [3.63, 3.8) is 0 Å². The van der Waals surface area contributed by atoms with Gasteiger partial charge in [0.25, 0.3) is 5.91 Å². The van der Waals surface area contributed by atoms with Gasteiger partial charge in [0, 0.05) is 6.54 Å². The van der Waals surface area contributed by atoms with Gasteiger partial charge in [-0.3, -0.25) is 4.79 Å². The Hall–Kier alpha value is -3.02. The molecule has 2 aromatic rings. The van der Waals surface area contributed by atoms with Crippen LogP contribution in [0, 0.1) is 0 Å². The lowest BCUT2D eigenvalue weighted by atomic mass is 10.1. The van der Waals surface area contributed by atoms with E-state index in [-0.39, 0.29) is 18.0 Å². The van der Waals surface area contributed by atoms with Gasteiger partial charge in [0.15, 0.2) is 0 Å². The first-order valence-corrected chi connectivity index (χ1v) is 6.88. The van der Waals surface area contributed by atoms with Gasteiger partial charge in [-0.1, -0.05) is 18.2 Å². The van der Waals surface area contributed by atoms with E-state index in [1.54, 1.807) is 30.3 Å². The summed E-state index contributed by atoms with van der Waals surface area (Å²) < 4.78 is 10.4.